The predicted molar refractivity (Wildman–Crippen MR) is 38.2 cm³/mol. The third-order valence-corrected chi connectivity index (χ3v) is 3.67. The number of fused-ring (bicyclic) bond motifs is 3. The molecule has 3 rings (SSSR count). The van der Waals surface area contributed by atoms with E-state index >= 15 is 0 Å². The van der Waals surface area contributed by atoms with Crippen LogP contribution in [0.15, 0.2) is 0 Å². The molecule has 0 aliphatic carbocycles. The molecule has 64 valence electrons. The Hall–Kier alpha value is 0.110. The Morgan fingerprint density at radius 3 is 2.09 bits per heavy atom. The molecular formula is C6H11O4P. The van der Waals surface area contributed by atoms with E-state index in [9.17, 15) is 4.57 Å². The maximum Gasteiger partial charge on any atom is 0.474 e. The Morgan fingerprint density at radius 2 is 1.73 bits per heavy atom. The zero-order valence-electron chi connectivity index (χ0n) is 6.41. The van der Waals surface area contributed by atoms with Gasteiger partial charge in [-0.2, -0.15) is 0 Å². The van der Waals surface area contributed by atoms with E-state index in [0.717, 1.165) is 6.42 Å². The molecule has 0 saturated carbocycles. The third-order valence-electron chi connectivity index (χ3n) is 2.34. The second-order valence-electron chi connectivity index (χ2n) is 3.12. The molecule has 0 atom stereocenters. The van der Waals surface area contributed by atoms with Gasteiger partial charge in [-0.05, 0) is 6.42 Å². The third kappa shape index (κ3) is 1.14. The first kappa shape index (κ1) is 7.74. The largest absolute Gasteiger partial charge is 0.474 e. The number of hydrogen-bond donors (Lipinski definition) is 0. The molecule has 4 nitrogen and oxygen atoms in total. The van der Waals surface area contributed by atoms with Crippen molar-refractivity contribution >= 4 is 7.82 Å². The lowest BCUT2D eigenvalue weighted by molar-refractivity contribution is -0.0951. The van der Waals surface area contributed by atoms with Crippen molar-refractivity contribution in [2.24, 2.45) is 5.41 Å². The summed E-state index contributed by atoms with van der Waals surface area (Å²) in [4.78, 5) is 0. The summed E-state index contributed by atoms with van der Waals surface area (Å²) in [5, 5.41) is 0. The molecule has 3 saturated heterocycles. The highest BCUT2D eigenvalue weighted by atomic mass is 31.2. The molecule has 3 heterocycles. The Balaban J connectivity index is 2.18. The van der Waals surface area contributed by atoms with Crippen LogP contribution in [0.5, 0.6) is 0 Å². The van der Waals surface area contributed by atoms with Crippen molar-refractivity contribution in [3.05, 3.63) is 0 Å². The van der Waals surface area contributed by atoms with Crippen molar-refractivity contribution in [2.75, 3.05) is 19.8 Å². The summed E-state index contributed by atoms with van der Waals surface area (Å²) in [5.74, 6) is 0. The fourth-order valence-corrected chi connectivity index (χ4v) is 2.71. The molecule has 0 amide bonds. The summed E-state index contributed by atoms with van der Waals surface area (Å²) in [5.41, 5.74) is -0.0356. The van der Waals surface area contributed by atoms with Crippen molar-refractivity contribution in [2.45, 2.75) is 13.3 Å². The van der Waals surface area contributed by atoms with Gasteiger partial charge in [-0.1, -0.05) is 6.92 Å². The summed E-state index contributed by atoms with van der Waals surface area (Å²) in [6, 6.07) is 0. The Kier molecular flexibility index (Phi) is 1.62. The van der Waals surface area contributed by atoms with Crippen LogP contribution >= 0.6 is 7.82 Å². The van der Waals surface area contributed by atoms with Gasteiger partial charge >= 0.3 is 7.82 Å². The molecule has 3 aliphatic rings. The smallest absolute Gasteiger partial charge is 0.286 e. The number of rotatable bonds is 1. The molecular weight excluding hydrogens is 167 g/mol. The normalized spacial score (nSPS) is 49.5. The highest BCUT2D eigenvalue weighted by Crippen LogP contribution is 2.60. The monoisotopic (exact) mass is 178 g/mol. The quantitative estimate of drug-likeness (QED) is 0.571. The van der Waals surface area contributed by atoms with Crippen molar-refractivity contribution < 1.29 is 18.1 Å². The SMILES string of the molecule is CCC12COP(=O)(OC1)OC2. The van der Waals surface area contributed by atoms with E-state index in [-0.39, 0.29) is 5.41 Å². The first-order valence-electron chi connectivity index (χ1n) is 3.72. The van der Waals surface area contributed by atoms with Gasteiger partial charge in [0.25, 0.3) is 0 Å². The fourth-order valence-electron chi connectivity index (χ4n) is 1.19. The molecule has 2 bridgehead atoms. The first-order chi connectivity index (χ1) is 5.18. The lowest BCUT2D eigenvalue weighted by atomic mass is 9.88. The Morgan fingerprint density at radius 1 is 1.27 bits per heavy atom. The maximum atomic E-state index is 11.2. The molecule has 3 fully saturated rings. The van der Waals surface area contributed by atoms with E-state index in [4.69, 9.17) is 13.6 Å². The van der Waals surface area contributed by atoms with Crippen LogP contribution in [0.4, 0.5) is 0 Å². The number of phosphoric ester groups is 1. The van der Waals surface area contributed by atoms with E-state index in [0.29, 0.717) is 19.8 Å². The molecule has 0 N–H and O–H groups in total. The van der Waals surface area contributed by atoms with Crippen LogP contribution in [0, 0.1) is 5.41 Å². The van der Waals surface area contributed by atoms with Gasteiger partial charge < -0.3 is 0 Å². The van der Waals surface area contributed by atoms with Gasteiger partial charge in [-0.25, -0.2) is 4.57 Å². The summed E-state index contributed by atoms with van der Waals surface area (Å²) in [6.07, 6.45) is 0.938. The van der Waals surface area contributed by atoms with E-state index in [2.05, 4.69) is 6.92 Å². The summed E-state index contributed by atoms with van der Waals surface area (Å²) in [6.45, 7) is 3.60. The molecule has 0 spiro atoms. The molecule has 0 aromatic carbocycles. The van der Waals surface area contributed by atoms with Crippen LogP contribution in [0.25, 0.3) is 0 Å². The van der Waals surface area contributed by atoms with Crippen LogP contribution < -0.4 is 0 Å². The zero-order valence-corrected chi connectivity index (χ0v) is 7.30. The summed E-state index contributed by atoms with van der Waals surface area (Å²) >= 11 is 0. The van der Waals surface area contributed by atoms with Gasteiger partial charge in [0, 0.05) is 5.41 Å². The van der Waals surface area contributed by atoms with Gasteiger partial charge in [0.1, 0.15) is 0 Å². The Labute approximate surface area is 65.4 Å². The predicted octanol–water partition coefficient (Wildman–Crippen LogP) is 1.57. The second kappa shape index (κ2) is 2.30. The second-order valence-corrected chi connectivity index (χ2v) is 4.79. The van der Waals surface area contributed by atoms with E-state index < -0.39 is 7.82 Å². The van der Waals surface area contributed by atoms with E-state index in [1.54, 1.807) is 0 Å². The molecule has 0 unspecified atom stereocenters. The van der Waals surface area contributed by atoms with Crippen LogP contribution in [0.1, 0.15) is 13.3 Å². The fraction of sp³-hybridized carbons (Fsp3) is 1.00. The van der Waals surface area contributed by atoms with E-state index in [1.165, 1.54) is 0 Å². The average Bonchev–Trinajstić information content (AvgIpc) is 2.07. The first-order valence-corrected chi connectivity index (χ1v) is 5.18. The van der Waals surface area contributed by atoms with Gasteiger partial charge in [0.15, 0.2) is 0 Å². The minimum atomic E-state index is -3.08. The molecule has 11 heavy (non-hydrogen) atoms. The van der Waals surface area contributed by atoms with Gasteiger partial charge in [-0.15, -0.1) is 0 Å². The molecule has 3 aliphatic heterocycles. The molecule has 5 heteroatoms. The summed E-state index contributed by atoms with van der Waals surface area (Å²) < 4.78 is 26.1. The van der Waals surface area contributed by atoms with Gasteiger partial charge in [-0.3, -0.25) is 13.6 Å². The summed E-state index contributed by atoms with van der Waals surface area (Å²) in [7, 11) is -3.08. The lowest BCUT2D eigenvalue weighted by Gasteiger charge is -2.43. The maximum absolute atomic E-state index is 11.2. The molecule has 0 aromatic heterocycles. The average molecular weight is 178 g/mol. The minimum Gasteiger partial charge on any atom is -0.286 e. The van der Waals surface area contributed by atoms with Crippen LogP contribution in [-0.4, -0.2) is 19.8 Å². The minimum absolute atomic E-state index is 0.0356. The lowest BCUT2D eigenvalue weighted by Crippen LogP contribution is -2.43. The van der Waals surface area contributed by atoms with E-state index in [1.807, 2.05) is 0 Å². The molecule has 0 radical (unpaired) electrons. The van der Waals surface area contributed by atoms with Crippen LogP contribution in [0.2, 0.25) is 0 Å². The van der Waals surface area contributed by atoms with Crippen molar-refractivity contribution in [3.63, 3.8) is 0 Å². The van der Waals surface area contributed by atoms with Crippen molar-refractivity contribution in [1.82, 2.24) is 0 Å². The standard InChI is InChI=1S/C6H11O4P/c1-2-6-3-8-11(7,9-4-6)10-5-6/h2-5H2,1H3. The highest BCUT2D eigenvalue weighted by Gasteiger charge is 2.49. The van der Waals surface area contributed by atoms with Gasteiger partial charge in [0.2, 0.25) is 0 Å². The van der Waals surface area contributed by atoms with Gasteiger partial charge in [0.05, 0.1) is 19.8 Å². The Bertz CT molecular complexity index is 183. The van der Waals surface area contributed by atoms with Crippen molar-refractivity contribution in [1.29, 1.82) is 0 Å². The van der Waals surface area contributed by atoms with Crippen LogP contribution in [-0.2, 0) is 18.1 Å². The zero-order chi connectivity index (χ0) is 7.95. The van der Waals surface area contributed by atoms with Crippen molar-refractivity contribution in [3.8, 4) is 0 Å². The number of hydrogen-bond acceptors (Lipinski definition) is 4. The highest BCUT2D eigenvalue weighted by molar-refractivity contribution is 7.48. The number of phosphoric acid groups is 1. The topological polar surface area (TPSA) is 44.8 Å². The van der Waals surface area contributed by atoms with Crippen LogP contribution in [0.3, 0.4) is 0 Å². The molecule has 0 aromatic rings.